The lowest BCUT2D eigenvalue weighted by Gasteiger charge is -2.37. The first kappa shape index (κ1) is 15.1. The Balaban J connectivity index is 1.52. The molecule has 0 radical (unpaired) electrons. The molecule has 0 unspecified atom stereocenters. The first-order chi connectivity index (χ1) is 11.3. The van der Waals surface area contributed by atoms with Crippen LogP contribution in [0.15, 0.2) is 24.5 Å². The standard InChI is InChI=1S/C18H26N4O/c19-8-15-10-22-9-14(6-7-18(22)20-15)17-12-23-11-16(21-17)13-4-2-1-3-5-13/h6-7,9-10,13,16-17,21H,1-5,8,11-12,19H2/t16-,17+/m0/s1. The number of nitrogens with one attached hydrogen (secondary N) is 1. The van der Waals surface area contributed by atoms with Gasteiger partial charge in [-0.25, -0.2) is 4.98 Å². The van der Waals surface area contributed by atoms with E-state index < -0.39 is 0 Å². The maximum absolute atomic E-state index is 5.93. The summed E-state index contributed by atoms with van der Waals surface area (Å²) < 4.78 is 8.01. The summed E-state index contributed by atoms with van der Waals surface area (Å²) in [5.41, 5.74) is 8.83. The fraction of sp³-hybridized carbons (Fsp3) is 0.611. The van der Waals surface area contributed by atoms with Crippen LogP contribution in [0.3, 0.4) is 0 Å². The lowest BCUT2D eigenvalue weighted by molar-refractivity contribution is 0.0201. The van der Waals surface area contributed by atoms with E-state index in [4.69, 9.17) is 10.5 Å². The van der Waals surface area contributed by atoms with E-state index in [-0.39, 0.29) is 6.04 Å². The Bertz CT molecular complexity index is 662. The van der Waals surface area contributed by atoms with Gasteiger partial charge in [0.2, 0.25) is 0 Å². The minimum absolute atomic E-state index is 0.267. The van der Waals surface area contributed by atoms with Gasteiger partial charge in [0.25, 0.3) is 0 Å². The predicted molar refractivity (Wildman–Crippen MR) is 90.1 cm³/mol. The van der Waals surface area contributed by atoms with Crippen molar-refractivity contribution in [3.05, 3.63) is 35.8 Å². The van der Waals surface area contributed by atoms with E-state index >= 15 is 0 Å². The molecule has 5 nitrogen and oxygen atoms in total. The van der Waals surface area contributed by atoms with Crippen molar-refractivity contribution in [2.75, 3.05) is 13.2 Å². The third-order valence-electron chi connectivity index (χ3n) is 5.35. The highest BCUT2D eigenvalue weighted by Crippen LogP contribution is 2.30. The third kappa shape index (κ3) is 3.13. The van der Waals surface area contributed by atoms with Crippen molar-refractivity contribution in [2.45, 2.75) is 50.7 Å². The molecule has 4 rings (SSSR count). The fourth-order valence-corrected chi connectivity index (χ4v) is 4.03. The second kappa shape index (κ2) is 6.59. The summed E-state index contributed by atoms with van der Waals surface area (Å²) >= 11 is 0. The number of aromatic nitrogens is 2. The molecule has 3 N–H and O–H groups in total. The number of nitrogens with two attached hydrogens (primary N) is 1. The molecule has 23 heavy (non-hydrogen) atoms. The number of nitrogens with zero attached hydrogens (tertiary/aromatic N) is 2. The average molecular weight is 314 g/mol. The lowest BCUT2D eigenvalue weighted by atomic mass is 9.83. The number of ether oxygens (including phenoxy) is 1. The zero-order valence-corrected chi connectivity index (χ0v) is 13.6. The fourth-order valence-electron chi connectivity index (χ4n) is 4.03. The van der Waals surface area contributed by atoms with Gasteiger partial charge in [0, 0.05) is 25.0 Å². The Morgan fingerprint density at radius 2 is 2.04 bits per heavy atom. The van der Waals surface area contributed by atoms with E-state index in [0.717, 1.165) is 30.5 Å². The van der Waals surface area contributed by atoms with Crippen LogP contribution in [0.25, 0.3) is 5.65 Å². The summed E-state index contributed by atoms with van der Waals surface area (Å²) in [7, 11) is 0. The van der Waals surface area contributed by atoms with Crippen molar-refractivity contribution in [3.8, 4) is 0 Å². The summed E-state index contributed by atoms with van der Waals surface area (Å²) in [5.74, 6) is 0.771. The highest BCUT2D eigenvalue weighted by molar-refractivity contribution is 5.42. The van der Waals surface area contributed by atoms with Gasteiger partial charge in [-0.2, -0.15) is 0 Å². The number of hydrogen-bond acceptors (Lipinski definition) is 4. The number of pyridine rings is 1. The van der Waals surface area contributed by atoms with E-state index in [1.807, 2.05) is 6.20 Å². The predicted octanol–water partition coefficient (Wildman–Crippen LogP) is 2.40. The number of imidazole rings is 1. The van der Waals surface area contributed by atoms with Gasteiger partial charge in [-0.15, -0.1) is 0 Å². The van der Waals surface area contributed by atoms with Gasteiger partial charge in [-0.3, -0.25) is 0 Å². The minimum atomic E-state index is 0.267. The number of hydrogen-bond donors (Lipinski definition) is 2. The molecular formula is C18H26N4O. The number of fused-ring (bicyclic) bond motifs is 1. The van der Waals surface area contributed by atoms with Crippen LogP contribution in [0.2, 0.25) is 0 Å². The van der Waals surface area contributed by atoms with Crippen LogP contribution < -0.4 is 11.1 Å². The SMILES string of the molecule is NCc1cn2cc([C@H]3COC[C@@H](C4CCCCC4)N3)ccc2n1. The lowest BCUT2D eigenvalue weighted by Crippen LogP contribution is -2.48. The highest BCUT2D eigenvalue weighted by Gasteiger charge is 2.30. The van der Waals surface area contributed by atoms with E-state index in [2.05, 4.69) is 33.0 Å². The largest absolute Gasteiger partial charge is 0.378 e. The zero-order valence-electron chi connectivity index (χ0n) is 13.6. The molecule has 0 bridgehead atoms. The molecule has 124 valence electrons. The van der Waals surface area contributed by atoms with E-state index in [1.54, 1.807) is 0 Å². The Labute approximate surface area is 137 Å². The van der Waals surface area contributed by atoms with Crippen LogP contribution in [-0.4, -0.2) is 28.6 Å². The number of morpholine rings is 1. The second-order valence-electron chi connectivity index (χ2n) is 6.93. The van der Waals surface area contributed by atoms with Crippen molar-refractivity contribution >= 4 is 5.65 Å². The molecule has 1 saturated carbocycles. The smallest absolute Gasteiger partial charge is 0.137 e. The van der Waals surface area contributed by atoms with Gasteiger partial charge in [-0.1, -0.05) is 25.3 Å². The molecule has 2 aromatic rings. The Morgan fingerprint density at radius 1 is 1.17 bits per heavy atom. The van der Waals surface area contributed by atoms with Crippen LogP contribution in [0.1, 0.15) is 49.4 Å². The summed E-state index contributed by atoms with van der Waals surface area (Å²) in [4.78, 5) is 4.49. The van der Waals surface area contributed by atoms with Crippen molar-refractivity contribution in [3.63, 3.8) is 0 Å². The Kier molecular flexibility index (Phi) is 4.33. The molecule has 2 aromatic heterocycles. The van der Waals surface area contributed by atoms with E-state index in [0.29, 0.717) is 12.6 Å². The van der Waals surface area contributed by atoms with Gasteiger partial charge < -0.3 is 20.2 Å². The summed E-state index contributed by atoms with van der Waals surface area (Å²) in [6, 6.07) is 4.99. The van der Waals surface area contributed by atoms with Gasteiger partial charge in [0.05, 0.1) is 24.9 Å². The second-order valence-corrected chi connectivity index (χ2v) is 6.93. The van der Waals surface area contributed by atoms with Gasteiger partial charge >= 0.3 is 0 Å². The Morgan fingerprint density at radius 3 is 2.87 bits per heavy atom. The molecule has 1 aliphatic carbocycles. The van der Waals surface area contributed by atoms with Crippen LogP contribution in [0.4, 0.5) is 0 Å². The van der Waals surface area contributed by atoms with Gasteiger partial charge in [0.15, 0.2) is 0 Å². The Hall–Kier alpha value is -1.43. The van der Waals surface area contributed by atoms with Crippen LogP contribution in [0.5, 0.6) is 0 Å². The quantitative estimate of drug-likeness (QED) is 0.913. The molecule has 3 heterocycles. The maximum Gasteiger partial charge on any atom is 0.137 e. The molecule has 2 atom stereocenters. The first-order valence-electron chi connectivity index (χ1n) is 8.85. The van der Waals surface area contributed by atoms with Crippen molar-refractivity contribution < 1.29 is 4.74 Å². The van der Waals surface area contributed by atoms with E-state index in [1.165, 1.54) is 37.7 Å². The minimum Gasteiger partial charge on any atom is -0.378 e. The molecule has 0 amide bonds. The first-order valence-corrected chi connectivity index (χ1v) is 8.85. The normalized spacial score (nSPS) is 26.7. The van der Waals surface area contributed by atoms with Crippen molar-refractivity contribution in [2.24, 2.45) is 11.7 Å². The molecule has 1 aliphatic heterocycles. The zero-order chi connectivity index (χ0) is 15.6. The molecular weight excluding hydrogens is 288 g/mol. The van der Waals surface area contributed by atoms with Crippen LogP contribution >= 0.6 is 0 Å². The topological polar surface area (TPSA) is 64.6 Å². The van der Waals surface area contributed by atoms with Crippen LogP contribution in [-0.2, 0) is 11.3 Å². The summed E-state index contributed by atoms with van der Waals surface area (Å²) in [6.45, 7) is 2.07. The monoisotopic (exact) mass is 314 g/mol. The van der Waals surface area contributed by atoms with Crippen LogP contribution in [0, 0.1) is 5.92 Å². The molecule has 5 heteroatoms. The van der Waals surface area contributed by atoms with Gasteiger partial charge in [-0.05, 0) is 30.4 Å². The molecule has 1 saturated heterocycles. The van der Waals surface area contributed by atoms with Gasteiger partial charge in [0.1, 0.15) is 5.65 Å². The molecule has 0 spiro atoms. The maximum atomic E-state index is 5.93. The summed E-state index contributed by atoms with van der Waals surface area (Å²) in [6.07, 6.45) is 11.0. The molecule has 2 aliphatic rings. The van der Waals surface area contributed by atoms with Crippen molar-refractivity contribution in [1.29, 1.82) is 0 Å². The molecule has 0 aromatic carbocycles. The third-order valence-corrected chi connectivity index (χ3v) is 5.35. The van der Waals surface area contributed by atoms with E-state index in [9.17, 15) is 0 Å². The number of rotatable bonds is 3. The molecule has 2 fully saturated rings. The van der Waals surface area contributed by atoms with Crippen molar-refractivity contribution in [1.82, 2.24) is 14.7 Å². The average Bonchev–Trinajstić information content (AvgIpc) is 3.05. The summed E-state index contributed by atoms with van der Waals surface area (Å²) in [5, 5.41) is 3.84. The highest BCUT2D eigenvalue weighted by atomic mass is 16.5.